The number of nitrogens with zero attached hydrogens (tertiary/aromatic N) is 2. The van der Waals surface area contributed by atoms with Crippen molar-refractivity contribution in [2.45, 2.75) is 52.2 Å². The summed E-state index contributed by atoms with van der Waals surface area (Å²) in [6.07, 6.45) is 3.93. The standard InChI is InChI=1S/C18H36N4O2/c1-4-19-18(20-8-11-23-10-7-15(2)3)21-12-17-13-22-9-5-6-16(22)14-24-17/h15-17H,4-14H2,1-3H3,(H2,19,20,21). The second kappa shape index (κ2) is 10.9. The topological polar surface area (TPSA) is 58.1 Å². The minimum atomic E-state index is 0.220. The Bertz CT molecular complexity index is 376. The van der Waals surface area contributed by atoms with Crippen LogP contribution in [0.15, 0.2) is 4.99 Å². The van der Waals surface area contributed by atoms with Crippen molar-refractivity contribution in [3.8, 4) is 0 Å². The number of morpholine rings is 1. The smallest absolute Gasteiger partial charge is 0.191 e. The monoisotopic (exact) mass is 340 g/mol. The van der Waals surface area contributed by atoms with Gasteiger partial charge < -0.3 is 20.1 Å². The third-order valence-corrected chi connectivity index (χ3v) is 4.64. The van der Waals surface area contributed by atoms with E-state index in [9.17, 15) is 0 Å². The van der Waals surface area contributed by atoms with Crippen LogP contribution >= 0.6 is 0 Å². The average molecular weight is 341 g/mol. The lowest BCUT2D eigenvalue weighted by molar-refractivity contribution is -0.0432. The molecule has 2 heterocycles. The summed E-state index contributed by atoms with van der Waals surface area (Å²) in [5, 5.41) is 6.63. The summed E-state index contributed by atoms with van der Waals surface area (Å²) in [6, 6.07) is 0.652. The van der Waals surface area contributed by atoms with E-state index in [1.165, 1.54) is 19.4 Å². The number of fused-ring (bicyclic) bond motifs is 1. The van der Waals surface area contributed by atoms with E-state index in [1.807, 2.05) is 0 Å². The average Bonchev–Trinajstić information content (AvgIpc) is 3.03. The largest absolute Gasteiger partial charge is 0.380 e. The molecule has 140 valence electrons. The van der Waals surface area contributed by atoms with Gasteiger partial charge in [0.1, 0.15) is 0 Å². The summed E-state index contributed by atoms with van der Waals surface area (Å²) >= 11 is 0. The first-order valence-electron chi connectivity index (χ1n) is 9.64. The fourth-order valence-electron chi connectivity index (χ4n) is 3.19. The minimum absolute atomic E-state index is 0.220. The molecule has 0 aromatic carbocycles. The summed E-state index contributed by atoms with van der Waals surface area (Å²) < 4.78 is 11.6. The number of aliphatic imine (C=N–C) groups is 1. The van der Waals surface area contributed by atoms with E-state index >= 15 is 0 Å². The van der Waals surface area contributed by atoms with Crippen LogP contribution in [0.1, 0.15) is 40.0 Å². The molecule has 24 heavy (non-hydrogen) atoms. The third-order valence-electron chi connectivity index (χ3n) is 4.64. The highest BCUT2D eigenvalue weighted by Gasteiger charge is 2.31. The van der Waals surface area contributed by atoms with Crippen LogP contribution in [-0.4, -0.2) is 75.5 Å². The van der Waals surface area contributed by atoms with Crippen molar-refractivity contribution in [1.29, 1.82) is 0 Å². The Morgan fingerprint density at radius 3 is 3.00 bits per heavy atom. The molecule has 2 unspecified atom stereocenters. The van der Waals surface area contributed by atoms with Gasteiger partial charge in [-0.3, -0.25) is 9.89 Å². The molecule has 2 atom stereocenters. The van der Waals surface area contributed by atoms with Gasteiger partial charge in [-0.1, -0.05) is 13.8 Å². The number of guanidine groups is 1. The van der Waals surface area contributed by atoms with Crippen LogP contribution in [0.3, 0.4) is 0 Å². The van der Waals surface area contributed by atoms with Crippen molar-refractivity contribution >= 4 is 5.96 Å². The van der Waals surface area contributed by atoms with Gasteiger partial charge >= 0.3 is 0 Å². The maximum absolute atomic E-state index is 5.97. The maximum Gasteiger partial charge on any atom is 0.191 e. The van der Waals surface area contributed by atoms with Gasteiger partial charge in [0.25, 0.3) is 0 Å². The van der Waals surface area contributed by atoms with Gasteiger partial charge in [-0.25, -0.2) is 0 Å². The molecule has 2 fully saturated rings. The number of nitrogens with one attached hydrogen (secondary N) is 2. The van der Waals surface area contributed by atoms with Gasteiger partial charge in [-0.15, -0.1) is 0 Å². The fraction of sp³-hybridized carbons (Fsp3) is 0.944. The van der Waals surface area contributed by atoms with Crippen LogP contribution < -0.4 is 10.6 Å². The molecule has 0 radical (unpaired) electrons. The van der Waals surface area contributed by atoms with Gasteiger partial charge in [-0.05, 0) is 38.6 Å². The van der Waals surface area contributed by atoms with E-state index in [2.05, 4.69) is 41.3 Å². The Hall–Kier alpha value is -0.850. The molecule has 2 N–H and O–H groups in total. The lowest BCUT2D eigenvalue weighted by Crippen LogP contribution is -2.47. The Labute approximate surface area is 147 Å². The second-order valence-electron chi connectivity index (χ2n) is 7.19. The van der Waals surface area contributed by atoms with E-state index in [0.29, 0.717) is 25.1 Å². The van der Waals surface area contributed by atoms with Gasteiger partial charge in [0.15, 0.2) is 5.96 Å². The summed E-state index contributed by atoms with van der Waals surface area (Å²) in [6.45, 7) is 13.5. The molecular weight excluding hydrogens is 304 g/mol. The molecule has 6 heteroatoms. The highest BCUT2D eigenvalue weighted by molar-refractivity contribution is 5.79. The van der Waals surface area contributed by atoms with Crippen LogP contribution in [-0.2, 0) is 9.47 Å². The number of ether oxygens (including phenoxy) is 2. The van der Waals surface area contributed by atoms with Gasteiger partial charge in [0, 0.05) is 32.3 Å². The minimum Gasteiger partial charge on any atom is -0.380 e. The zero-order valence-electron chi connectivity index (χ0n) is 15.7. The van der Waals surface area contributed by atoms with E-state index < -0.39 is 0 Å². The molecule has 2 aliphatic heterocycles. The van der Waals surface area contributed by atoms with Crippen molar-refractivity contribution in [3.05, 3.63) is 0 Å². The Morgan fingerprint density at radius 1 is 1.33 bits per heavy atom. The van der Waals surface area contributed by atoms with Crippen LogP contribution in [0.4, 0.5) is 0 Å². The third kappa shape index (κ3) is 6.95. The zero-order valence-corrected chi connectivity index (χ0v) is 15.7. The predicted molar refractivity (Wildman–Crippen MR) is 98.6 cm³/mol. The molecule has 0 spiro atoms. The first-order chi connectivity index (χ1) is 11.7. The number of hydrogen-bond acceptors (Lipinski definition) is 4. The number of hydrogen-bond donors (Lipinski definition) is 2. The maximum atomic E-state index is 5.97. The second-order valence-corrected chi connectivity index (χ2v) is 7.19. The van der Waals surface area contributed by atoms with Crippen LogP contribution in [0.2, 0.25) is 0 Å². The van der Waals surface area contributed by atoms with Gasteiger partial charge in [-0.2, -0.15) is 0 Å². The summed E-state index contributed by atoms with van der Waals surface area (Å²) in [5.41, 5.74) is 0. The molecule has 0 saturated carbocycles. The molecule has 0 aliphatic carbocycles. The summed E-state index contributed by atoms with van der Waals surface area (Å²) in [7, 11) is 0. The van der Waals surface area contributed by atoms with Gasteiger partial charge in [0.05, 0.1) is 25.9 Å². The first kappa shape index (κ1) is 19.5. The van der Waals surface area contributed by atoms with Crippen molar-refractivity contribution in [2.75, 3.05) is 52.5 Å². The normalized spacial score (nSPS) is 25.1. The zero-order chi connectivity index (χ0) is 17.2. The predicted octanol–water partition coefficient (Wildman–Crippen LogP) is 1.47. The molecule has 2 aliphatic rings. The molecule has 6 nitrogen and oxygen atoms in total. The quantitative estimate of drug-likeness (QED) is 0.378. The van der Waals surface area contributed by atoms with Gasteiger partial charge in [0.2, 0.25) is 0 Å². The van der Waals surface area contributed by atoms with E-state index in [1.54, 1.807) is 0 Å². The molecule has 2 saturated heterocycles. The van der Waals surface area contributed by atoms with E-state index in [-0.39, 0.29) is 6.10 Å². The molecule has 2 rings (SSSR count). The van der Waals surface area contributed by atoms with Crippen LogP contribution in [0.5, 0.6) is 0 Å². The van der Waals surface area contributed by atoms with Crippen molar-refractivity contribution in [1.82, 2.24) is 15.5 Å². The van der Waals surface area contributed by atoms with Crippen LogP contribution in [0, 0.1) is 5.92 Å². The molecule has 0 aromatic heterocycles. The summed E-state index contributed by atoms with van der Waals surface area (Å²) in [4.78, 5) is 7.25. The highest BCUT2D eigenvalue weighted by Crippen LogP contribution is 2.22. The number of rotatable bonds is 9. The van der Waals surface area contributed by atoms with Crippen molar-refractivity contribution < 1.29 is 9.47 Å². The molecule has 0 aromatic rings. The van der Waals surface area contributed by atoms with Crippen molar-refractivity contribution in [3.63, 3.8) is 0 Å². The Kier molecular flexibility index (Phi) is 8.84. The van der Waals surface area contributed by atoms with E-state index in [0.717, 1.165) is 45.2 Å². The molecular formula is C18H36N4O2. The summed E-state index contributed by atoms with van der Waals surface area (Å²) in [5.74, 6) is 1.56. The lowest BCUT2D eigenvalue weighted by Gasteiger charge is -2.34. The van der Waals surface area contributed by atoms with E-state index in [4.69, 9.17) is 9.47 Å². The van der Waals surface area contributed by atoms with Crippen LogP contribution in [0.25, 0.3) is 0 Å². The first-order valence-corrected chi connectivity index (χ1v) is 9.64. The SMILES string of the molecule is CCNC(=NCC1CN2CCCC2CO1)NCCOCCC(C)C. The van der Waals surface area contributed by atoms with Crippen molar-refractivity contribution in [2.24, 2.45) is 10.9 Å². The lowest BCUT2D eigenvalue weighted by atomic mass is 10.1. The molecule has 0 amide bonds. The highest BCUT2D eigenvalue weighted by atomic mass is 16.5. The fourth-order valence-corrected chi connectivity index (χ4v) is 3.19. The Balaban J connectivity index is 1.64. The molecule has 0 bridgehead atoms. The Morgan fingerprint density at radius 2 is 2.21 bits per heavy atom.